The third-order valence-electron chi connectivity index (χ3n) is 2.78. The average molecular weight is 324 g/mol. The number of hydrogen-bond acceptors (Lipinski definition) is 1. The number of alkyl halides is 3. The van der Waals surface area contributed by atoms with Crippen LogP contribution in [-0.4, -0.2) is 15.8 Å². The van der Waals surface area contributed by atoms with Crippen molar-refractivity contribution in [3.8, 4) is 0 Å². The van der Waals surface area contributed by atoms with Crippen molar-refractivity contribution in [2.24, 2.45) is 0 Å². The topological polar surface area (TPSA) is 25.2 Å². The number of benzene rings is 1. The molecule has 1 N–H and O–H groups in total. The molecule has 20 heavy (non-hydrogen) atoms. The standard InChI is InChI=1S/C13H10Cl2F3NO/c14-10-3-1-2-8(11(10)15)6-19-5-4-9(7-19)12(20)13(16,17)18/h1-5,7,12,20H,6H2. The van der Waals surface area contributed by atoms with Crippen molar-refractivity contribution in [3.63, 3.8) is 0 Å². The molecule has 0 fully saturated rings. The van der Waals surface area contributed by atoms with Gasteiger partial charge >= 0.3 is 6.18 Å². The normalized spacial score (nSPS) is 13.5. The monoisotopic (exact) mass is 323 g/mol. The van der Waals surface area contributed by atoms with Crippen LogP contribution < -0.4 is 0 Å². The van der Waals surface area contributed by atoms with Gasteiger partial charge < -0.3 is 9.67 Å². The minimum atomic E-state index is -4.68. The highest BCUT2D eigenvalue weighted by Crippen LogP contribution is 2.33. The third-order valence-corrected chi connectivity index (χ3v) is 3.64. The third kappa shape index (κ3) is 3.29. The maximum Gasteiger partial charge on any atom is 0.418 e. The first-order valence-corrected chi connectivity index (χ1v) is 6.38. The van der Waals surface area contributed by atoms with E-state index >= 15 is 0 Å². The number of nitrogens with zero attached hydrogens (tertiary/aromatic N) is 1. The van der Waals surface area contributed by atoms with Crippen molar-refractivity contribution in [1.29, 1.82) is 0 Å². The summed E-state index contributed by atoms with van der Waals surface area (Å²) in [5.74, 6) is 0. The maximum atomic E-state index is 12.4. The van der Waals surface area contributed by atoms with Crippen LogP contribution in [0.4, 0.5) is 13.2 Å². The Hall–Kier alpha value is -1.17. The molecule has 2 rings (SSSR count). The Labute approximate surface area is 123 Å². The van der Waals surface area contributed by atoms with Gasteiger partial charge in [-0.15, -0.1) is 0 Å². The highest BCUT2D eigenvalue weighted by molar-refractivity contribution is 6.42. The van der Waals surface area contributed by atoms with Gasteiger partial charge in [0.05, 0.1) is 10.0 Å². The lowest BCUT2D eigenvalue weighted by atomic mass is 10.2. The van der Waals surface area contributed by atoms with Crippen LogP contribution in [-0.2, 0) is 6.54 Å². The van der Waals surface area contributed by atoms with Gasteiger partial charge in [-0.05, 0) is 17.7 Å². The van der Waals surface area contributed by atoms with Crippen LogP contribution in [0, 0.1) is 0 Å². The van der Waals surface area contributed by atoms with Crippen LogP contribution in [0.5, 0.6) is 0 Å². The molecule has 1 aromatic carbocycles. The van der Waals surface area contributed by atoms with Gasteiger partial charge in [0, 0.05) is 24.5 Å². The summed E-state index contributed by atoms with van der Waals surface area (Å²) in [6.45, 7) is 0.268. The van der Waals surface area contributed by atoms with Crippen molar-refractivity contribution in [2.45, 2.75) is 18.8 Å². The Balaban J connectivity index is 2.20. The molecule has 2 nitrogen and oxygen atoms in total. The average Bonchev–Trinajstić information content (AvgIpc) is 2.81. The van der Waals surface area contributed by atoms with Gasteiger partial charge in [-0.25, -0.2) is 0 Å². The van der Waals surface area contributed by atoms with E-state index in [0.717, 1.165) is 0 Å². The van der Waals surface area contributed by atoms with Gasteiger partial charge in [0.2, 0.25) is 0 Å². The fraction of sp³-hybridized carbons (Fsp3) is 0.231. The molecule has 1 heterocycles. The van der Waals surface area contributed by atoms with Crippen molar-refractivity contribution in [3.05, 3.63) is 57.8 Å². The summed E-state index contributed by atoms with van der Waals surface area (Å²) in [6.07, 6.45) is -4.49. The number of aromatic nitrogens is 1. The summed E-state index contributed by atoms with van der Waals surface area (Å²) in [5.41, 5.74) is 0.471. The van der Waals surface area contributed by atoms with Crippen molar-refractivity contribution < 1.29 is 18.3 Å². The summed E-state index contributed by atoms with van der Waals surface area (Å²) < 4.78 is 38.7. The predicted molar refractivity (Wildman–Crippen MR) is 71.0 cm³/mol. The van der Waals surface area contributed by atoms with Gasteiger partial charge in [-0.1, -0.05) is 35.3 Å². The van der Waals surface area contributed by atoms with E-state index in [9.17, 15) is 13.2 Å². The highest BCUT2D eigenvalue weighted by atomic mass is 35.5. The Morgan fingerprint density at radius 2 is 1.90 bits per heavy atom. The fourth-order valence-electron chi connectivity index (χ4n) is 1.78. The Morgan fingerprint density at radius 3 is 2.55 bits per heavy atom. The van der Waals surface area contributed by atoms with Crippen LogP contribution in [0.15, 0.2) is 36.7 Å². The van der Waals surface area contributed by atoms with E-state index in [1.165, 1.54) is 23.0 Å². The minimum absolute atomic E-state index is 0.212. The molecule has 0 aliphatic carbocycles. The quantitative estimate of drug-likeness (QED) is 0.887. The SMILES string of the molecule is OC(c1ccn(Cc2cccc(Cl)c2Cl)c1)C(F)(F)F. The molecule has 0 bridgehead atoms. The number of aliphatic hydroxyl groups is 1. The van der Waals surface area contributed by atoms with Crippen molar-refractivity contribution >= 4 is 23.2 Å². The first-order chi connectivity index (χ1) is 9.29. The first-order valence-electron chi connectivity index (χ1n) is 5.62. The molecule has 0 aliphatic heterocycles. The molecule has 0 saturated heterocycles. The van der Waals surface area contributed by atoms with E-state index in [1.54, 1.807) is 18.2 Å². The van der Waals surface area contributed by atoms with E-state index in [-0.39, 0.29) is 12.1 Å². The van der Waals surface area contributed by atoms with Crippen LogP contribution >= 0.6 is 23.2 Å². The van der Waals surface area contributed by atoms with Crippen molar-refractivity contribution in [1.82, 2.24) is 4.57 Å². The van der Waals surface area contributed by atoms with Gasteiger partial charge in [0.15, 0.2) is 6.10 Å². The number of hydrogen-bond donors (Lipinski definition) is 1. The largest absolute Gasteiger partial charge is 0.418 e. The second kappa shape index (κ2) is 5.68. The molecule has 0 radical (unpaired) electrons. The molecule has 108 valence electrons. The van der Waals surface area contributed by atoms with Crippen molar-refractivity contribution in [2.75, 3.05) is 0 Å². The molecular formula is C13H10Cl2F3NO. The zero-order chi connectivity index (χ0) is 14.9. The van der Waals surface area contributed by atoms with E-state index in [2.05, 4.69) is 0 Å². The van der Waals surface area contributed by atoms with E-state index in [0.29, 0.717) is 15.6 Å². The lowest BCUT2D eigenvalue weighted by Gasteiger charge is -2.12. The Morgan fingerprint density at radius 1 is 1.20 bits per heavy atom. The van der Waals surface area contributed by atoms with E-state index < -0.39 is 12.3 Å². The molecule has 0 aliphatic rings. The molecular weight excluding hydrogens is 314 g/mol. The van der Waals surface area contributed by atoms with Gasteiger partial charge in [-0.2, -0.15) is 13.2 Å². The smallest absolute Gasteiger partial charge is 0.379 e. The zero-order valence-electron chi connectivity index (χ0n) is 10.0. The number of aliphatic hydroxyl groups excluding tert-OH is 1. The second-order valence-corrected chi connectivity index (χ2v) is 5.06. The van der Waals surface area contributed by atoms with Gasteiger partial charge in [0.1, 0.15) is 0 Å². The second-order valence-electron chi connectivity index (χ2n) is 4.27. The lowest BCUT2D eigenvalue weighted by Crippen LogP contribution is -2.19. The summed E-state index contributed by atoms with van der Waals surface area (Å²) in [4.78, 5) is 0. The molecule has 1 unspecified atom stereocenters. The molecule has 2 aromatic rings. The maximum absolute atomic E-state index is 12.4. The molecule has 1 atom stereocenters. The molecule has 0 saturated carbocycles. The van der Waals surface area contributed by atoms with Gasteiger partial charge in [-0.3, -0.25) is 0 Å². The number of halogens is 5. The predicted octanol–water partition coefficient (Wildman–Crippen LogP) is 4.44. The summed E-state index contributed by atoms with van der Waals surface area (Å²) >= 11 is 11.9. The summed E-state index contributed by atoms with van der Waals surface area (Å²) in [6, 6.07) is 6.28. The van der Waals surface area contributed by atoms with Crippen LogP contribution in [0.25, 0.3) is 0 Å². The molecule has 0 spiro atoms. The fourth-order valence-corrected chi connectivity index (χ4v) is 2.16. The lowest BCUT2D eigenvalue weighted by molar-refractivity contribution is -0.206. The summed E-state index contributed by atoms with van der Waals surface area (Å²) in [5, 5.41) is 9.89. The minimum Gasteiger partial charge on any atom is -0.379 e. The van der Waals surface area contributed by atoms with E-state index in [1.807, 2.05) is 0 Å². The zero-order valence-corrected chi connectivity index (χ0v) is 11.5. The highest BCUT2D eigenvalue weighted by Gasteiger charge is 2.39. The number of rotatable bonds is 3. The van der Waals surface area contributed by atoms with Crippen LogP contribution in [0.1, 0.15) is 17.2 Å². The Kier molecular flexibility index (Phi) is 4.32. The van der Waals surface area contributed by atoms with Gasteiger partial charge in [0.25, 0.3) is 0 Å². The van der Waals surface area contributed by atoms with Crippen LogP contribution in [0.3, 0.4) is 0 Å². The molecule has 7 heteroatoms. The van der Waals surface area contributed by atoms with Crippen LogP contribution in [0.2, 0.25) is 10.0 Å². The first kappa shape index (κ1) is 15.2. The molecule has 0 amide bonds. The Bertz CT molecular complexity index is 610. The summed E-state index contributed by atoms with van der Waals surface area (Å²) in [7, 11) is 0. The van der Waals surface area contributed by atoms with E-state index in [4.69, 9.17) is 28.3 Å². The molecule has 1 aromatic heterocycles.